The standard InChI is InChI=1S/C23H22N2O3/c24-16-20-8-4-5-9-21(20)17-28-23(27)19-12-14-25(15-13-19)22(26)11-10-18-6-2-1-3-7-18/h1-11,19H,12-15,17H2/b11-10+. The molecule has 28 heavy (non-hydrogen) atoms. The van der Waals surface area contributed by atoms with E-state index in [0.717, 1.165) is 5.56 Å². The van der Waals surface area contributed by atoms with Gasteiger partial charge in [-0.3, -0.25) is 9.59 Å². The van der Waals surface area contributed by atoms with Gasteiger partial charge in [0, 0.05) is 24.7 Å². The Morgan fingerprint density at radius 3 is 2.46 bits per heavy atom. The van der Waals surface area contributed by atoms with E-state index in [1.165, 1.54) is 0 Å². The summed E-state index contributed by atoms with van der Waals surface area (Å²) in [6.07, 6.45) is 4.55. The van der Waals surface area contributed by atoms with Crippen molar-refractivity contribution in [3.05, 3.63) is 77.4 Å². The normalized spacial score (nSPS) is 14.6. The highest BCUT2D eigenvalue weighted by Gasteiger charge is 2.27. The van der Waals surface area contributed by atoms with E-state index in [0.29, 0.717) is 37.1 Å². The van der Waals surface area contributed by atoms with Crippen molar-refractivity contribution in [3.8, 4) is 6.07 Å². The molecule has 142 valence electrons. The number of likely N-dealkylation sites (tertiary alicyclic amines) is 1. The molecule has 0 unspecified atom stereocenters. The third kappa shape index (κ3) is 5.08. The molecule has 2 aromatic carbocycles. The van der Waals surface area contributed by atoms with Gasteiger partial charge < -0.3 is 9.64 Å². The van der Waals surface area contributed by atoms with E-state index < -0.39 is 0 Å². The Balaban J connectivity index is 1.47. The molecular formula is C23H22N2O3. The molecule has 0 aromatic heterocycles. The Bertz CT molecular complexity index is 892. The fraction of sp³-hybridized carbons (Fsp3) is 0.261. The van der Waals surface area contributed by atoms with Crippen LogP contribution < -0.4 is 0 Å². The van der Waals surface area contributed by atoms with Gasteiger partial charge in [-0.2, -0.15) is 5.26 Å². The van der Waals surface area contributed by atoms with Crippen molar-refractivity contribution in [3.63, 3.8) is 0 Å². The zero-order valence-corrected chi connectivity index (χ0v) is 15.6. The molecule has 0 bridgehead atoms. The molecule has 0 N–H and O–H groups in total. The van der Waals surface area contributed by atoms with E-state index in [-0.39, 0.29) is 24.4 Å². The summed E-state index contributed by atoms with van der Waals surface area (Å²) in [5.41, 5.74) is 2.20. The lowest BCUT2D eigenvalue weighted by Crippen LogP contribution is -2.39. The number of hydrogen-bond acceptors (Lipinski definition) is 4. The van der Waals surface area contributed by atoms with Gasteiger partial charge in [-0.05, 0) is 30.5 Å². The topological polar surface area (TPSA) is 70.4 Å². The number of carbonyl (C=O) groups excluding carboxylic acids is 2. The van der Waals surface area contributed by atoms with Gasteiger partial charge in [0.05, 0.1) is 17.6 Å². The molecule has 1 saturated heterocycles. The maximum atomic E-state index is 12.3. The van der Waals surface area contributed by atoms with Crippen molar-refractivity contribution in [2.24, 2.45) is 5.92 Å². The fourth-order valence-electron chi connectivity index (χ4n) is 3.19. The third-order valence-corrected chi connectivity index (χ3v) is 4.87. The highest BCUT2D eigenvalue weighted by atomic mass is 16.5. The summed E-state index contributed by atoms with van der Waals surface area (Å²) in [7, 11) is 0. The minimum Gasteiger partial charge on any atom is -0.461 e. The van der Waals surface area contributed by atoms with Gasteiger partial charge in [0.2, 0.25) is 5.91 Å². The first-order chi connectivity index (χ1) is 13.7. The smallest absolute Gasteiger partial charge is 0.309 e. The van der Waals surface area contributed by atoms with Crippen LogP contribution in [0.2, 0.25) is 0 Å². The van der Waals surface area contributed by atoms with Crippen molar-refractivity contribution in [2.45, 2.75) is 19.4 Å². The first kappa shape index (κ1) is 19.4. The third-order valence-electron chi connectivity index (χ3n) is 4.87. The van der Waals surface area contributed by atoms with Gasteiger partial charge in [0.1, 0.15) is 6.61 Å². The van der Waals surface area contributed by atoms with Gasteiger partial charge in [-0.15, -0.1) is 0 Å². The van der Waals surface area contributed by atoms with Crippen LogP contribution in [0.4, 0.5) is 0 Å². The molecule has 2 aromatic rings. The molecular weight excluding hydrogens is 352 g/mol. The molecule has 3 rings (SSSR count). The number of hydrogen-bond donors (Lipinski definition) is 0. The van der Waals surface area contributed by atoms with Crippen LogP contribution in [0.3, 0.4) is 0 Å². The average molecular weight is 374 g/mol. The van der Waals surface area contributed by atoms with Gasteiger partial charge >= 0.3 is 5.97 Å². The second kappa shape index (κ2) is 9.52. The summed E-state index contributed by atoms with van der Waals surface area (Å²) in [5, 5.41) is 9.10. The minimum atomic E-state index is -0.264. The van der Waals surface area contributed by atoms with E-state index >= 15 is 0 Å². The molecule has 0 spiro atoms. The van der Waals surface area contributed by atoms with E-state index in [1.54, 1.807) is 35.3 Å². The van der Waals surface area contributed by atoms with Crippen molar-refractivity contribution in [1.82, 2.24) is 4.90 Å². The van der Waals surface area contributed by atoms with Crippen molar-refractivity contribution >= 4 is 18.0 Å². The number of piperidine rings is 1. The van der Waals surface area contributed by atoms with Gasteiger partial charge in [0.25, 0.3) is 0 Å². The predicted octanol–water partition coefficient (Wildman–Crippen LogP) is 3.55. The number of nitriles is 1. The molecule has 1 heterocycles. The number of amides is 1. The highest BCUT2D eigenvalue weighted by molar-refractivity contribution is 5.92. The van der Waals surface area contributed by atoms with Crippen molar-refractivity contribution < 1.29 is 14.3 Å². The Kier molecular flexibility index (Phi) is 6.59. The summed E-state index contributed by atoms with van der Waals surface area (Å²) >= 11 is 0. The molecule has 1 aliphatic heterocycles. The van der Waals surface area contributed by atoms with Crippen LogP contribution >= 0.6 is 0 Å². The number of rotatable bonds is 5. The highest BCUT2D eigenvalue weighted by Crippen LogP contribution is 2.20. The lowest BCUT2D eigenvalue weighted by Gasteiger charge is -2.30. The van der Waals surface area contributed by atoms with E-state index in [2.05, 4.69) is 6.07 Å². The van der Waals surface area contributed by atoms with Crippen LogP contribution in [0, 0.1) is 17.2 Å². The Morgan fingerprint density at radius 1 is 1.07 bits per heavy atom. The second-order valence-electron chi connectivity index (χ2n) is 6.72. The SMILES string of the molecule is N#Cc1ccccc1COC(=O)C1CCN(C(=O)/C=C/c2ccccc2)CC1. The minimum absolute atomic E-state index is 0.0429. The lowest BCUT2D eigenvalue weighted by atomic mass is 9.97. The van der Waals surface area contributed by atoms with Gasteiger partial charge in [-0.25, -0.2) is 0 Å². The summed E-state index contributed by atoms with van der Waals surface area (Å²) in [6, 6.07) is 18.9. The van der Waals surface area contributed by atoms with Gasteiger partial charge in [-0.1, -0.05) is 48.5 Å². The molecule has 1 fully saturated rings. The van der Waals surface area contributed by atoms with Crippen LogP contribution in [0.5, 0.6) is 0 Å². The van der Waals surface area contributed by atoms with Crippen LogP contribution in [-0.2, 0) is 20.9 Å². The molecule has 5 nitrogen and oxygen atoms in total. The van der Waals surface area contributed by atoms with Crippen LogP contribution in [0.15, 0.2) is 60.7 Å². The molecule has 1 amide bonds. The van der Waals surface area contributed by atoms with E-state index in [9.17, 15) is 9.59 Å². The molecule has 0 saturated carbocycles. The monoisotopic (exact) mass is 374 g/mol. The Morgan fingerprint density at radius 2 is 1.75 bits per heavy atom. The number of esters is 1. The number of carbonyl (C=O) groups is 2. The second-order valence-corrected chi connectivity index (χ2v) is 6.72. The van der Waals surface area contributed by atoms with Crippen molar-refractivity contribution in [2.75, 3.05) is 13.1 Å². The maximum Gasteiger partial charge on any atom is 0.309 e. The number of ether oxygens (including phenoxy) is 1. The molecule has 0 radical (unpaired) electrons. The molecule has 0 atom stereocenters. The summed E-state index contributed by atoms with van der Waals surface area (Å²) in [6.45, 7) is 1.17. The zero-order chi connectivity index (χ0) is 19.8. The van der Waals surface area contributed by atoms with Crippen LogP contribution in [-0.4, -0.2) is 29.9 Å². The maximum absolute atomic E-state index is 12.3. The summed E-state index contributed by atoms with van der Waals surface area (Å²) in [5.74, 6) is -0.519. The number of nitrogens with zero attached hydrogens (tertiary/aromatic N) is 2. The Hall–Kier alpha value is -3.39. The molecule has 0 aliphatic carbocycles. The predicted molar refractivity (Wildman–Crippen MR) is 106 cm³/mol. The van der Waals surface area contributed by atoms with E-state index in [1.807, 2.05) is 36.4 Å². The largest absolute Gasteiger partial charge is 0.461 e. The van der Waals surface area contributed by atoms with Crippen molar-refractivity contribution in [1.29, 1.82) is 5.26 Å². The van der Waals surface area contributed by atoms with Crippen LogP contribution in [0.1, 0.15) is 29.5 Å². The fourth-order valence-corrected chi connectivity index (χ4v) is 3.19. The molecule has 5 heteroatoms. The van der Waals surface area contributed by atoms with E-state index in [4.69, 9.17) is 10.00 Å². The van der Waals surface area contributed by atoms with Gasteiger partial charge in [0.15, 0.2) is 0 Å². The lowest BCUT2D eigenvalue weighted by molar-refractivity contribution is -0.152. The first-order valence-corrected chi connectivity index (χ1v) is 9.34. The molecule has 1 aliphatic rings. The summed E-state index contributed by atoms with van der Waals surface area (Å²) < 4.78 is 5.40. The zero-order valence-electron chi connectivity index (χ0n) is 15.6. The quantitative estimate of drug-likeness (QED) is 0.593. The Labute approximate surface area is 164 Å². The average Bonchev–Trinajstić information content (AvgIpc) is 2.76. The first-order valence-electron chi connectivity index (χ1n) is 9.34. The summed E-state index contributed by atoms with van der Waals surface area (Å²) in [4.78, 5) is 26.4. The van der Waals surface area contributed by atoms with Crippen LogP contribution in [0.25, 0.3) is 6.08 Å². The number of benzene rings is 2.